The third kappa shape index (κ3) is 4.73. The number of carboxylic acid groups (broad SMARTS) is 1. The number of nitrogens with one attached hydrogen (secondary N) is 1. The van der Waals surface area contributed by atoms with Gasteiger partial charge in [-0.3, -0.25) is 0 Å². The van der Waals surface area contributed by atoms with E-state index < -0.39 is 5.97 Å². The van der Waals surface area contributed by atoms with Gasteiger partial charge in [0.15, 0.2) is 0 Å². The first-order chi connectivity index (χ1) is 8.50. The lowest BCUT2D eigenvalue weighted by atomic mass is 10.1. The molecular formula is C14H22N2O2. The Morgan fingerprint density at radius 3 is 2.72 bits per heavy atom. The molecule has 4 heteroatoms. The lowest BCUT2D eigenvalue weighted by Gasteiger charge is -2.10. The summed E-state index contributed by atoms with van der Waals surface area (Å²) in [6.45, 7) is 7.04. The van der Waals surface area contributed by atoms with Crippen LogP contribution in [-0.4, -0.2) is 22.6 Å². The molecule has 0 aliphatic rings. The van der Waals surface area contributed by atoms with E-state index in [4.69, 9.17) is 5.11 Å². The summed E-state index contributed by atoms with van der Waals surface area (Å²) >= 11 is 0. The topological polar surface area (TPSA) is 62.2 Å². The van der Waals surface area contributed by atoms with Gasteiger partial charge < -0.3 is 10.4 Å². The average Bonchev–Trinajstić information content (AvgIpc) is 2.27. The van der Waals surface area contributed by atoms with Crippen molar-refractivity contribution in [1.82, 2.24) is 4.98 Å². The normalized spacial score (nSPS) is 10.7. The summed E-state index contributed by atoms with van der Waals surface area (Å²) in [5.74, 6) is 0.260. The molecule has 0 saturated carbocycles. The largest absolute Gasteiger partial charge is 0.478 e. The molecule has 1 aromatic heterocycles. The second-order valence-electron chi connectivity index (χ2n) is 4.97. The van der Waals surface area contributed by atoms with Crippen LogP contribution >= 0.6 is 0 Å². The summed E-state index contributed by atoms with van der Waals surface area (Å²) in [7, 11) is 0. The van der Waals surface area contributed by atoms with Crippen LogP contribution in [0.4, 0.5) is 5.82 Å². The fourth-order valence-corrected chi connectivity index (χ4v) is 1.75. The van der Waals surface area contributed by atoms with Gasteiger partial charge in [0.05, 0.1) is 0 Å². The van der Waals surface area contributed by atoms with Crippen LogP contribution in [0.1, 0.15) is 49.2 Å². The third-order valence-corrected chi connectivity index (χ3v) is 2.77. The fourth-order valence-electron chi connectivity index (χ4n) is 1.75. The van der Waals surface area contributed by atoms with Crippen molar-refractivity contribution < 1.29 is 9.90 Å². The smallest absolute Gasteiger partial charge is 0.339 e. The Morgan fingerprint density at radius 1 is 1.39 bits per heavy atom. The molecule has 4 nitrogen and oxygen atoms in total. The lowest BCUT2D eigenvalue weighted by Crippen LogP contribution is -2.10. The second kappa shape index (κ2) is 6.99. The van der Waals surface area contributed by atoms with Gasteiger partial charge in [-0.05, 0) is 31.4 Å². The van der Waals surface area contributed by atoms with E-state index in [1.807, 2.05) is 6.92 Å². The molecule has 0 radical (unpaired) electrons. The highest BCUT2D eigenvalue weighted by Gasteiger charge is 2.10. The molecule has 18 heavy (non-hydrogen) atoms. The van der Waals surface area contributed by atoms with E-state index in [0.29, 0.717) is 5.82 Å². The zero-order valence-electron chi connectivity index (χ0n) is 11.4. The van der Waals surface area contributed by atoms with Crippen molar-refractivity contribution in [3.8, 4) is 0 Å². The molecule has 1 rings (SSSR count). The van der Waals surface area contributed by atoms with Gasteiger partial charge in [-0.1, -0.05) is 26.7 Å². The maximum absolute atomic E-state index is 11.0. The number of carboxylic acids is 1. The van der Waals surface area contributed by atoms with Crippen molar-refractivity contribution in [3.63, 3.8) is 0 Å². The maximum Gasteiger partial charge on any atom is 0.339 e. The van der Waals surface area contributed by atoms with E-state index in [9.17, 15) is 4.79 Å². The Labute approximate surface area is 108 Å². The first kappa shape index (κ1) is 14.5. The van der Waals surface area contributed by atoms with E-state index in [-0.39, 0.29) is 5.56 Å². The standard InChI is InChI=1S/C14H22N2O2/c1-10(2)6-4-5-9-15-13-12(14(17)18)8-7-11(3)16-13/h7-8,10H,4-6,9H2,1-3H3,(H,15,16)(H,17,18). The molecule has 2 N–H and O–H groups in total. The molecule has 0 amide bonds. The molecule has 1 aromatic rings. The number of anilines is 1. The Hall–Kier alpha value is -1.58. The van der Waals surface area contributed by atoms with Gasteiger partial charge in [-0.15, -0.1) is 0 Å². The molecule has 0 spiro atoms. The predicted octanol–water partition coefficient (Wildman–Crippen LogP) is 3.33. The number of aromatic nitrogens is 1. The molecule has 100 valence electrons. The summed E-state index contributed by atoms with van der Waals surface area (Å²) in [4.78, 5) is 15.3. The highest BCUT2D eigenvalue weighted by molar-refractivity contribution is 5.93. The molecule has 0 atom stereocenters. The van der Waals surface area contributed by atoms with Gasteiger partial charge in [0, 0.05) is 12.2 Å². The van der Waals surface area contributed by atoms with Crippen LogP contribution in [0.5, 0.6) is 0 Å². The minimum absolute atomic E-state index is 0.240. The number of unbranched alkanes of at least 4 members (excludes halogenated alkanes) is 1. The SMILES string of the molecule is Cc1ccc(C(=O)O)c(NCCCCC(C)C)n1. The molecule has 0 bridgehead atoms. The van der Waals surface area contributed by atoms with Crippen LogP contribution in [0.3, 0.4) is 0 Å². The zero-order chi connectivity index (χ0) is 13.5. The first-order valence-corrected chi connectivity index (χ1v) is 6.45. The summed E-state index contributed by atoms with van der Waals surface area (Å²) in [6, 6.07) is 3.31. The van der Waals surface area contributed by atoms with Crippen LogP contribution in [-0.2, 0) is 0 Å². The number of hydrogen-bond acceptors (Lipinski definition) is 3. The minimum atomic E-state index is -0.938. The highest BCUT2D eigenvalue weighted by Crippen LogP contribution is 2.14. The van der Waals surface area contributed by atoms with Gasteiger partial charge >= 0.3 is 5.97 Å². The average molecular weight is 250 g/mol. The van der Waals surface area contributed by atoms with E-state index in [0.717, 1.165) is 31.0 Å². The molecule has 0 aliphatic carbocycles. The third-order valence-electron chi connectivity index (χ3n) is 2.77. The number of carbonyl (C=O) groups is 1. The second-order valence-corrected chi connectivity index (χ2v) is 4.97. The van der Waals surface area contributed by atoms with Crippen LogP contribution in [0.2, 0.25) is 0 Å². The summed E-state index contributed by atoms with van der Waals surface area (Å²) < 4.78 is 0. The van der Waals surface area contributed by atoms with E-state index >= 15 is 0 Å². The molecule has 1 heterocycles. The van der Waals surface area contributed by atoms with E-state index in [2.05, 4.69) is 24.1 Å². The monoisotopic (exact) mass is 250 g/mol. The number of aryl methyl sites for hydroxylation is 1. The van der Waals surface area contributed by atoms with E-state index in [1.165, 1.54) is 6.42 Å². The molecule has 0 saturated heterocycles. The Balaban J connectivity index is 2.50. The Kier molecular flexibility index (Phi) is 5.62. The fraction of sp³-hybridized carbons (Fsp3) is 0.571. The molecular weight excluding hydrogens is 228 g/mol. The van der Waals surface area contributed by atoms with Gasteiger partial charge in [-0.2, -0.15) is 0 Å². The quantitative estimate of drug-likeness (QED) is 0.729. The van der Waals surface area contributed by atoms with Crippen molar-refractivity contribution in [1.29, 1.82) is 0 Å². The number of hydrogen-bond donors (Lipinski definition) is 2. The molecule has 0 fully saturated rings. The number of nitrogens with zero attached hydrogens (tertiary/aromatic N) is 1. The van der Waals surface area contributed by atoms with Crippen molar-refractivity contribution in [3.05, 3.63) is 23.4 Å². The van der Waals surface area contributed by atoms with Gasteiger partial charge in [0.2, 0.25) is 0 Å². The van der Waals surface area contributed by atoms with Crippen molar-refractivity contribution in [2.24, 2.45) is 5.92 Å². The first-order valence-electron chi connectivity index (χ1n) is 6.45. The highest BCUT2D eigenvalue weighted by atomic mass is 16.4. The number of aromatic carboxylic acids is 1. The maximum atomic E-state index is 11.0. The summed E-state index contributed by atoms with van der Waals surface area (Å²) in [5, 5.41) is 12.2. The van der Waals surface area contributed by atoms with Crippen LogP contribution in [0.25, 0.3) is 0 Å². The van der Waals surface area contributed by atoms with Gasteiger partial charge in [-0.25, -0.2) is 9.78 Å². The van der Waals surface area contributed by atoms with Crippen molar-refractivity contribution >= 4 is 11.8 Å². The molecule has 0 aliphatic heterocycles. The minimum Gasteiger partial charge on any atom is -0.478 e. The van der Waals surface area contributed by atoms with Gasteiger partial charge in [0.25, 0.3) is 0 Å². The van der Waals surface area contributed by atoms with Gasteiger partial charge in [0.1, 0.15) is 11.4 Å². The molecule has 0 unspecified atom stereocenters. The lowest BCUT2D eigenvalue weighted by molar-refractivity contribution is 0.0697. The molecule has 0 aromatic carbocycles. The van der Waals surface area contributed by atoms with Crippen molar-refractivity contribution in [2.75, 3.05) is 11.9 Å². The van der Waals surface area contributed by atoms with Crippen LogP contribution < -0.4 is 5.32 Å². The number of rotatable bonds is 7. The van der Waals surface area contributed by atoms with Crippen molar-refractivity contribution in [2.45, 2.75) is 40.0 Å². The Bertz CT molecular complexity index is 403. The van der Waals surface area contributed by atoms with E-state index in [1.54, 1.807) is 12.1 Å². The summed E-state index contributed by atoms with van der Waals surface area (Å²) in [6.07, 6.45) is 3.39. The zero-order valence-corrected chi connectivity index (χ0v) is 11.4. The van der Waals surface area contributed by atoms with Crippen LogP contribution in [0.15, 0.2) is 12.1 Å². The van der Waals surface area contributed by atoms with Crippen LogP contribution in [0, 0.1) is 12.8 Å². The summed E-state index contributed by atoms with van der Waals surface area (Å²) in [5.41, 5.74) is 1.06. The number of pyridine rings is 1. The Morgan fingerprint density at radius 2 is 2.11 bits per heavy atom. The predicted molar refractivity (Wildman–Crippen MR) is 73.1 cm³/mol.